The van der Waals surface area contributed by atoms with E-state index in [0.717, 1.165) is 41.4 Å². The van der Waals surface area contributed by atoms with Crippen molar-refractivity contribution in [2.45, 2.75) is 58.1 Å². The van der Waals surface area contributed by atoms with Gasteiger partial charge < -0.3 is 15.4 Å². The van der Waals surface area contributed by atoms with Crippen molar-refractivity contribution in [2.75, 3.05) is 23.7 Å². The normalized spacial score (nSPS) is 15.6. The molecule has 1 aliphatic rings. The summed E-state index contributed by atoms with van der Waals surface area (Å²) in [5.74, 6) is -3.57. The lowest BCUT2D eigenvalue weighted by Gasteiger charge is -2.35. The monoisotopic (exact) mass is 560 g/mol. The molecule has 0 bridgehead atoms. The van der Waals surface area contributed by atoms with Gasteiger partial charge in [0, 0.05) is 29.9 Å². The number of ether oxygens (including phenoxy) is 1. The standard InChI is InChI=1S/C28H31F3N4O3S/c1-16(26(36)38-28(2,3)4)35-11-9-18(10-12-35)25-32-15-24(39-25)17-5-7-19(8-6-17)33-27(37)34-23-14-21(30)20(29)13-22(23)31/h5-8,13-16,18H,9-12H2,1-4H3,(H2,33,34,37). The molecule has 2 heterocycles. The molecule has 0 aliphatic carbocycles. The zero-order valence-corrected chi connectivity index (χ0v) is 23.0. The molecule has 0 spiro atoms. The Morgan fingerprint density at radius 1 is 1.03 bits per heavy atom. The minimum Gasteiger partial charge on any atom is -0.459 e. The first-order valence-corrected chi connectivity index (χ1v) is 13.5. The van der Waals surface area contributed by atoms with Gasteiger partial charge >= 0.3 is 12.0 Å². The minimum atomic E-state index is -1.33. The molecule has 0 radical (unpaired) electrons. The fourth-order valence-electron chi connectivity index (χ4n) is 4.30. The predicted molar refractivity (Wildman–Crippen MR) is 145 cm³/mol. The third-order valence-corrected chi connectivity index (χ3v) is 7.59. The average Bonchev–Trinajstić information content (AvgIpc) is 3.37. The Bertz CT molecular complexity index is 1330. The number of carbonyl (C=O) groups excluding carboxylic acids is 2. The quantitative estimate of drug-likeness (QED) is 0.257. The molecule has 1 unspecified atom stereocenters. The Labute approximate surface area is 229 Å². The maximum Gasteiger partial charge on any atom is 0.323 e. The third kappa shape index (κ3) is 7.36. The largest absolute Gasteiger partial charge is 0.459 e. The Balaban J connectivity index is 1.31. The van der Waals surface area contributed by atoms with Crippen LogP contribution in [0.15, 0.2) is 42.6 Å². The zero-order valence-electron chi connectivity index (χ0n) is 22.2. The Hall–Kier alpha value is -3.44. The number of nitrogens with zero attached hydrogens (tertiary/aromatic N) is 2. The van der Waals surface area contributed by atoms with Crippen molar-refractivity contribution in [1.82, 2.24) is 9.88 Å². The maximum absolute atomic E-state index is 13.8. The molecule has 4 rings (SSSR count). The number of thiazole rings is 1. The van der Waals surface area contributed by atoms with Crippen molar-refractivity contribution in [1.29, 1.82) is 0 Å². The summed E-state index contributed by atoms with van der Waals surface area (Å²) in [6, 6.07) is 6.91. The number of esters is 1. The number of urea groups is 1. The molecule has 1 aliphatic heterocycles. The smallest absolute Gasteiger partial charge is 0.323 e. The highest BCUT2D eigenvalue weighted by molar-refractivity contribution is 7.15. The van der Waals surface area contributed by atoms with Crippen LogP contribution in [0.3, 0.4) is 0 Å². The van der Waals surface area contributed by atoms with Crippen molar-refractivity contribution in [3.8, 4) is 10.4 Å². The number of rotatable bonds is 6. The van der Waals surface area contributed by atoms with Crippen molar-refractivity contribution in [2.24, 2.45) is 0 Å². The SMILES string of the molecule is CC(C(=O)OC(C)(C)C)N1CCC(c2ncc(-c3ccc(NC(=O)Nc4cc(F)c(F)cc4F)cc3)s2)CC1. The van der Waals surface area contributed by atoms with E-state index in [2.05, 4.69) is 20.5 Å². The number of amides is 2. The number of benzene rings is 2. The maximum atomic E-state index is 13.8. The number of nitrogens with one attached hydrogen (secondary N) is 2. The van der Waals surface area contributed by atoms with Gasteiger partial charge in [-0.1, -0.05) is 12.1 Å². The van der Waals surface area contributed by atoms with Gasteiger partial charge in [0.2, 0.25) is 0 Å². The number of hydrogen-bond donors (Lipinski definition) is 2. The molecule has 3 aromatic rings. The first-order chi connectivity index (χ1) is 18.4. The molecule has 2 amide bonds. The summed E-state index contributed by atoms with van der Waals surface area (Å²) in [6.07, 6.45) is 3.63. The van der Waals surface area contributed by atoms with Gasteiger partial charge in [-0.3, -0.25) is 9.69 Å². The lowest BCUT2D eigenvalue weighted by Crippen LogP contribution is -2.45. The molecule has 39 heavy (non-hydrogen) atoms. The second-order valence-corrected chi connectivity index (χ2v) is 11.5. The molecule has 2 aromatic carbocycles. The number of halogens is 3. The topological polar surface area (TPSA) is 83.6 Å². The summed E-state index contributed by atoms with van der Waals surface area (Å²) >= 11 is 1.61. The van der Waals surface area contributed by atoms with Crippen LogP contribution in [0.1, 0.15) is 51.5 Å². The summed E-state index contributed by atoms with van der Waals surface area (Å²) in [4.78, 5) is 32.4. The highest BCUT2D eigenvalue weighted by Crippen LogP contribution is 2.35. The van der Waals surface area contributed by atoms with Crippen LogP contribution < -0.4 is 10.6 Å². The minimum absolute atomic E-state index is 0.204. The van der Waals surface area contributed by atoms with Gasteiger partial charge in [-0.25, -0.2) is 22.9 Å². The van der Waals surface area contributed by atoms with Gasteiger partial charge in [-0.15, -0.1) is 11.3 Å². The molecular weight excluding hydrogens is 529 g/mol. The third-order valence-electron chi connectivity index (χ3n) is 6.38. The molecule has 1 atom stereocenters. The number of piperidine rings is 1. The van der Waals surface area contributed by atoms with E-state index in [9.17, 15) is 22.8 Å². The van der Waals surface area contributed by atoms with Crippen LogP contribution in [0, 0.1) is 17.5 Å². The van der Waals surface area contributed by atoms with Crippen molar-refractivity contribution in [3.05, 3.63) is 65.1 Å². The van der Waals surface area contributed by atoms with Gasteiger partial charge in [-0.05, 0) is 71.3 Å². The van der Waals surface area contributed by atoms with Crippen LogP contribution in [-0.4, -0.2) is 46.6 Å². The van der Waals surface area contributed by atoms with E-state index < -0.39 is 34.8 Å². The highest BCUT2D eigenvalue weighted by Gasteiger charge is 2.31. The Kier molecular flexibility index (Phi) is 8.60. The summed E-state index contributed by atoms with van der Waals surface area (Å²) in [5.41, 5.74) is 0.388. The second kappa shape index (κ2) is 11.7. The number of hydrogen-bond acceptors (Lipinski definition) is 6. The molecular formula is C28H31F3N4O3S. The van der Waals surface area contributed by atoms with Gasteiger partial charge in [0.15, 0.2) is 11.6 Å². The lowest BCUT2D eigenvalue weighted by molar-refractivity contribution is -0.161. The molecule has 1 aromatic heterocycles. The average molecular weight is 561 g/mol. The predicted octanol–water partition coefficient (Wildman–Crippen LogP) is 6.78. The van der Waals surface area contributed by atoms with Crippen molar-refractivity contribution in [3.63, 3.8) is 0 Å². The van der Waals surface area contributed by atoms with E-state index in [-0.39, 0.29) is 12.0 Å². The van der Waals surface area contributed by atoms with Crippen LogP contribution >= 0.6 is 11.3 Å². The molecule has 208 valence electrons. The number of aromatic nitrogens is 1. The van der Waals surface area contributed by atoms with Crippen LogP contribution in [0.4, 0.5) is 29.3 Å². The van der Waals surface area contributed by atoms with E-state index >= 15 is 0 Å². The van der Waals surface area contributed by atoms with E-state index in [1.165, 1.54) is 0 Å². The van der Waals surface area contributed by atoms with Crippen molar-refractivity contribution >= 4 is 34.7 Å². The summed E-state index contributed by atoms with van der Waals surface area (Å²) in [5, 5.41) is 5.75. The molecule has 0 saturated carbocycles. The van der Waals surface area contributed by atoms with E-state index in [0.29, 0.717) is 23.7 Å². The summed E-state index contributed by atoms with van der Waals surface area (Å²) < 4.78 is 45.7. The fraction of sp³-hybridized carbons (Fsp3) is 0.393. The van der Waals surface area contributed by atoms with Crippen molar-refractivity contribution < 1.29 is 27.5 Å². The van der Waals surface area contributed by atoms with E-state index in [1.54, 1.807) is 23.5 Å². The Morgan fingerprint density at radius 2 is 1.67 bits per heavy atom. The molecule has 7 nitrogen and oxygen atoms in total. The van der Waals surface area contributed by atoms with Gasteiger partial charge in [0.25, 0.3) is 0 Å². The van der Waals surface area contributed by atoms with Crippen LogP contribution in [0.25, 0.3) is 10.4 Å². The number of anilines is 2. The molecule has 1 saturated heterocycles. The number of carbonyl (C=O) groups is 2. The first-order valence-electron chi connectivity index (χ1n) is 12.7. The zero-order chi connectivity index (χ0) is 28.3. The summed E-state index contributed by atoms with van der Waals surface area (Å²) in [6.45, 7) is 9.07. The highest BCUT2D eigenvalue weighted by atomic mass is 32.1. The summed E-state index contributed by atoms with van der Waals surface area (Å²) in [7, 11) is 0. The molecule has 2 N–H and O–H groups in total. The lowest BCUT2D eigenvalue weighted by atomic mass is 9.96. The van der Waals surface area contributed by atoms with E-state index in [1.807, 2.05) is 46.0 Å². The van der Waals surface area contributed by atoms with Crippen LogP contribution in [-0.2, 0) is 9.53 Å². The van der Waals surface area contributed by atoms with Gasteiger partial charge in [-0.2, -0.15) is 0 Å². The second-order valence-electron chi connectivity index (χ2n) is 10.5. The van der Waals surface area contributed by atoms with Crippen LogP contribution in [0.5, 0.6) is 0 Å². The van der Waals surface area contributed by atoms with E-state index in [4.69, 9.17) is 4.74 Å². The number of likely N-dealkylation sites (tertiary alicyclic amines) is 1. The fourth-order valence-corrected chi connectivity index (χ4v) is 5.39. The van der Waals surface area contributed by atoms with Crippen LogP contribution in [0.2, 0.25) is 0 Å². The molecule has 11 heteroatoms. The molecule has 1 fully saturated rings. The van der Waals surface area contributed by atoms with Gasteiger partial charge in [0.05, 0.1) is 15.6 Å². The Morgan fingerprint density at radius 3 is 2.31 bits per heavy atom. The van der Waals surface area contributed by atoms with Gasteiger partial charge in [0.1, 0.15) is 17.5 Å². The first kappa shape index (κ1) is 28.6.